The van der Waals surface area contributed by atoms with Crippen LogP contribution >= 0.6 is 10.3 Å². The lowest BCUT2D eigenvalue weighted by molar-refractivity contribution is 0.476. The summed E-state index contributed by atoms with van der Waals surface area (Å²) in [6.07, 6.45) is 7.30. The summed E-state index contributed by atoms with van der Waals surface area (Å²) in [4.78, 5) is 4.11. The van der Waals surface area contributed by atoms with Crippen molar-refractivity contribution in [1.29, 1.82) is 0 Å². The average Bonchev–Trinajstić information content (AvgIpc) is 2.48. The van der Waals surface area contributed by atoms with Crippen molar-refractivity contribution in [2.75, 3.05) is 18.8 Å². The monoisotopic (exact) mass is 351 g/mol. The van der Waals surface area contributed by atoms with E-state index in [1.165, 1.54) is 48.7 Å². The highest BCUT2D eigenvalue weighted by Gasteiger charge is 2.08. The first-order valence-electron chi connectivity index (χ1n) is 7.07. The van der Waals surface area contributed by atoms with E-state index in [1.54, 1.807) is 0 Å². The van der Waals surface area contributed by atoms with E-state index < -0.39 is 16.1 Å². The zero-order chi connectivity index (χ0) is 17.7. The molecule has 2 aromatic rings. The van der Waals surface area contributed by atoms with Crippen molar-refractivity contribution in [3.05, 3.63) is 72.1 Å². The highest BCUT2D eigenvalue weighted by molar-refractivity contribution is 8.28. The smallest absolute Gasteiger partial charge is 0.217 e. The fraction of sp³-hybridized carbons (Fsp3) is 0.167. The van der Waals surface area contributed by atoms with Crippen molar-refractivity contribution in [3.8, 4) is 11.5 Å². The van der Waals surface area contributed by atoms with E-state index in [0.717, 1.165) is 0 Å². The molecule has 0 aromatic heterocycles. The van der Waals surface area contributed by atoms with Crippen LogP contribution in [0.4, 0.5) is 8.78 Å². The lowest BCUT2D eigenvalue weighted by atomic mass is 10.2. The molecule has 0 aliphatic heterocycles. The van der Waals surface area contributed by atoms with E-state index in [0.29, 0.717) is 17.1 Å². The lowest BCUT2D eigenvalue weighted by Crippen LogP contribution is -1.97. The first-order chi connectivity index (χ1) is 11.2. The van der Waals surface area contributed by atoms with Crippen LogP contribution in [0.15, 0.2) is 59.9 Å². The number of hydrogen-bond donors (Lipinski definition) is 0. The molecule has 0 saturated carbocycles. The Balaban J connectivity index is 2.21. The largest absolute Gasteiger partial charge is 0.457 e. The number of rotatable bonds is 6. The van der Waals surface area contributed by atoms with Crippen LogP contribution in [-0.4, -0.2) is 25.0 Å². The summed E-state index contributed by atoms with van der Waals surface area (Å²) in [7, 11) is -1.25. The topological polar surface area (TPSA) is 30.8 Å². The van der Waals surface area contributed by atoms with Crippen molar-refractivity contribution in [3.63, 3.8) is 0 Å². The Labute approximate surface area is 142 Å². The second-order valence-electron chi connectivity index (χ2n) is 5.70. The Hall–Kier alpha value is -2.34. The minimum atomic E-state index is -1.25. The molecule has 6 heteroatoms. The molecular weight excluding hydrogens is 332 g/mol. The zero-order valence-electron chi connectivity index (χ0n) is 13.8. The molecule has 0 atom stereocenters. The molecule has 0 bridgehead atoms. The van der Waals surface area contributed by atoms with Crippen LogP contribution < -0.4 is 4.74 Å². The molecule has 0 N–H and O–H groups in total. The predicted molar refractivity (Wildman–Crippen MR) is 96.1 cm³/mol. The van der Waals surface area contributed by atoms with Crippen LogP contribution in [0.25, 0.3) is 0 Å². The molecular formula is C18H19F2NO2S. The fourth-order valence-electron chi connectivity index (χ4n) is 1.79. The third-order valence-electron chi connectivity index (χ3n) is 2.71. The maximum absolute atomic E-state index is 13.5. The summed E-state index contributed by atoms with van der Waals surface area (Å²) in [6.45, 7) is 3.73. The summed E-state index contributed by atoms with van der Waals surface area (Å²) in [6, 6.07) is 9.61. The molecule has 0 amide bonds. The van der Waals surface area contributed by atoms with Crippen molar-refractivity contribution in [1.82, 2.24) is 0 Å². The molecule has 0 unspecified atom stereocenters. The average molecular weight is 351 g/mol. The first-order valence-corrected chi connectivity index (χ1v) is 9.85. The fourth-order valence-corrected chi connectivity index (χ4v) is 2.41. The number of benzene rings is 2. The molecule has 128 valence electrons. The second-order valence-corrected chi connectivity index (χ2v) is 9.31. The van der Waals surface area contributed by atoms with E-state index in [4.69, 9.17) is 8.92 Å². The Kier molecular flexibility index (Phi) is 5.62. The van der Waals surface area contributed by atoms with Crippen LogP contribution in [0.2, 0.25) is 0 Å². The number of halogens is 2. The van der Waals surface area contributed by atoms with Crippen LogP contribution in [0.5, 0.6) is 11.5 Å². The van der Waals surface area contributed by atoms with Crippen LogP contribution in [0.3, 0.4) is 0 Å². The van der Waals surface area contributed by atoms with Gasteiger partial charge in [-0.2, -0.15) is 0 Å². The highest BCUT2D eigenvalue weighted by Crippen LogP contribution is 2.38. The predicted octanol–water partition coefficient (Wildman–Crippen LogP) is 5.27. The Morgan fingerprint density at radius 2 is 1.67 bits per heavy atom. The number of ether oxygens (including phenoxy) is 1. The molecule has 0 fully saturated rings. The van der Waals surface area contributed by atoms with Gasteiger partial charge in [-0.05, 0) is 67.8 Å². The summed E-state index contributed by atoms with van der Waals surface area (Å²) in [5.41, 5.74) is 0.424. The molecule has 0 aliphatic rings. The Morgan fingerprint density at radius 3 is 2.29 bits per heavy atom. The number of nitrogens with zero attached hydrogens (tertiary/aromatic N) is 1. The first kappa shape index (κ1) is 18.0. The maximum Gasteiger partial charge on any atom is 0.217 e. The van der Waals surface area contributed by atoms with Gasteiger partial charge in [0.1, 0.15) is 23.1 Å². The normalized spacial score (nSPS) is 12.2. The third kappa shape index (κ3) is 5.70. The standard InChI is InChI=1S/C18H19F2NO2S/c1-13(23-24(2,3)4)21-12-14-11-16(20)7-10-18(14)22-17-8-5-15(19)6-9-17/h5-12H,1H2,2-4H3/b21-12+. The molecule has 2 rings (SSSR count). The SMILES string of the molecule is C=C(/N=C/c1cc(F)ccc1Oc1ccc(F)cc1)OS(C)(C)C. The summed E-state index contributed by atoms with van der Waals surface area (Å²) >= 11 is 0. The van der Waals surface area contributed by atoms with Gasteiger partial charge in [-0.3, -0.25) is 0 Å². The van der Waals surface area contributed by atoms with Crippen molar-refractivity contribution in [2.24, 2.45) is 4.99 Å². The molecule has 0 saturated heterocycles. The maximum atomic E-state index is 13.5. The summed E-state index contributed by atoms with van der Waals surface area (Å²) in [5.74, 6) is 0.293. The molecule has 0 aliphatic carbocycles. The van der Waals surface area contributed by atoms with Crippen molar-refractivity contribution >= 4 is 16.5 Å². The van der Waals surface area contributed by atoms with Crippen LogP contribution in [0.1, 0.15) is 5.56 Å². The van der Waals surface area contributed by atoms with E-state index in [9.17, 15) is 8.78 Å². The van der Waals surface area contributed by atoms with Gasteiger partial charge < -0.3 is 8.92 Å². The molecule has 3 nitrogen and oxygen atoms in total. The van der Waals surface area contributed by atoms with Gasteiger partial charge in [-0.15, -0.1) is 0 Å². The Morgan fingerprint density at radius 1 is 1.04 bits per heavy atom. The quantitative estimate of drug-likeness (QED) is 0.524. The van der Waals surface area contributed by atoms with Gasteiger partial charge in [0, 0.05) is 11.8 Å². The minimum Gasteiger partial charge on any atom is -0.457 e. The summed E-state index contributed by atoms with van der Waals surface area (Å²) < 4.78 is 37.7. The molecule has 0 radical (unpaired) electrons. The van der Waals surface area contributed by atoms with E-state index in [1.807, 2.05) is 18.8 Å². The zero-order valence-corrected chi connectivity index (χ0v) is 14.6. The van der Waals surface area contributed by atoms with Gasteiger partial charge in [-0.1, -0.05) is 10.3 Å². The number of aliphatic imine (C=N–C) groups is 1. The molecule has 0 spiro atoms. The van der Waals surface area contributed by atoms with Gasteiger partial charge in [0.25, 0.3) is 0 Å². The van der Waals surface area contributed by atoms with Gasteiger partial charge in [0.05, 0.1) is 0 Å². The van der Waals surface area contributed by atoms with Gasteiger partial charge in [0.15, 0.2) is 0 Å². The van der Waals surface area contributed by atoms with Crippen molar-refractivity contribution in [2.45, 2.75) is 0 Å². The molecule has 24 heavy (non-hydrogen) atoms. The van der Waals surface area contributed by atoms with Crippen LogP contribution in [0, 0.1) is 11.6 Å². The summed E-state index contributed by atoms with van der Waals surface area (Å²) in [5, 5.41) is 0. The van der Waals surface area contributed by atoms with Gasteiger partial charge in [-0.25, -0.2) is 13.8 Å². The van der Waals surface area contributed by atoms with Crippen LogP contribution in [-0.2, 0) is 4.18 Å². The number of hydrogen-bond acceptors (Lipinski definition) is 3. The minimum absolute atomic E-state index is 0.245. The van der Waals surface area contributed by atoms with Gasteiger partial charge in [0.2, 0.25) is 5.88 Å². The molecule has 2 aromatic carbocycles. The van der Waals surface area contributed by atoms with E-state index in [2.05, 4.69) is 11.6 Å². The van der Waals surface area contributed by atoms with Crippen molar-refractivity contribution < 1.29 is 17.7 Å². The van der Waals surface area contributed by atoms with Gasteiger partial charge >= 0.3 is 0 Å². The highest BCUT2D eigenvalue weighted by atomic mass is 32.3. The third-order valence-corrected chi connectivity index (χ3v) is 3.40. The van der Waals surface area contributed by atoms with E-state index in [-0.39, 0.29) is 11.7 Å². The molecule has 0 heterocycles. The Bertz CT molecular complexity index is 753. The lowest BCUT2D eigenvalue weighted by Gasteiger charge is -2.25. The van der Waals surface area contributed by atoms with E-state index >= 15 is 0 Å². The second kappa shape index (κ2) is 7.49.